The number of alkyl carbamates (subject to hydrolysis) is 2. The molecule has 15 heteroatoms. The van der Waals surface area contributed by atoms with Gasteiger partial charge < -0.3 is 45.0 Å². The lowest BCUT2D eigenvalue weighted by Crippen LogP contribution is -2.52. The summed E-state index contributed by atoms with van der Waals surface area (Å²) in [4.78, 5) is 69.9. The summed E-state index contributed by atoms with van der Waals surface area (Å²) in [5.41, 5.74) is 5.49. The number of likely N-dealkylation sites (tertiary alicyclic amines) is 1. The minimum atomic E-state index is -0.615. The summed E-state index contributed by atoms with van der Waals surface area (Å²) in [7, 11) is 2.65. The van der Waals surface area contributed by atoms with Crippen LogP contribution >= 0.6 is 0 Å². The zero-order valence-corrected chi connectivity index (χ0v) is 37.7. The van der Waals surface area contributed by atoms with Crippen molar-refractivity contribution in [2.75, 3.05) is 27.3 Å². The number of unbranched alkanes of at least 4 members (excludes halogenated alkanes) is 1. The third-order valence-corrected chi connectivity index (χ3v) is 14.1. The molecule has 8 rings (SSSR count). The molecule has 4 amide bonds. The largest absolute Gasteiger partial charge is 0.457 e. The fourth-order valence-corrected chi connectivity index (χ4v) is 10.4. The molecule has 5 N–H and O–H groups in total. The van der Waals surface area contributed by atoms with E-state index in [1.54, 1.807) is 0 Å². The summed E-state index contributed by atoms with van der Waals surface area (Å²) >= 11 is 0. The topological polar surface area (TPSA) is 193 Å². The number of ether oxygens (including phenoxy) is 3. The first kappa shape index (κ1) is 44.7. The molecule has 2 aliphatic heterocycles. The molecule has 0 bridgehead atoms. The maximum absolute atomic E-state index is 14.1. The van der Waals surface area contributed by atoms with Crippen LogP contribution in [0.4, 0.5) is 9.59 Å². The van der Waals surface area contributed by atoms with Gasteiger partial charge in [-0.1, -0.05) is 64.5 Å². The van der Waals surface area contributed by atoms with Gasteiger partial charge in [0, 0.05) is 47.2 Å². The molecule has 4 aromatic rings. The normalized spacial score (nSPS) is 19.4. The number of H-pyrrole nitrogens is 2. The summed E-state index contributed by atoms with van der Waals surface area (Å²) in [6, 6.07) is 11.1. The van der Waals surface area contributed by atoms with E-state index in [0.717, 1.165) is 153 Å². The smallest absolute Gasteiger partial charge is 0.407 e. The van der Waals surface area contributed by atoms with Crippen LogP contribution in [-0.4, -0.2) is 88.2 Å². The number of fused-ring (bicyclic) bond motifs is 2. The maximum Gasteiger partial charge on any atom is 0.407 e. The van der Waals surface area contributed by atoms with Crippen molar-refractivity contribution in [3.8, 4) is 34.0 Å². The lowest BCUT2D eigenvalue weighted by Gasteiger charge is -2.35. The molecule has 4 heterocycles. The van der Waals surface area contributed by atoms with Crippen LogP contribution in [0.15, 0.2) is 48.8 Å². The number of methoxy groups -OCH3 is 2. The number of nitrogens with zero attached hydrogens (tertiary/aromatic N) is 3. The van der Waals surface area contributed by atoms with Crippen molar-refractivity contribution >= 4 is 24.0 Å². The van der Waals surface area contributed by atoms with Crippen LogP contribution in [0.1, 0.15) is 133 Å². The maximum atomic E-state index is 14.1. The van der Waals surface area contributed by atoms with Crippen LogP contribution in [0.2, 0.25) is 0 Å². The predicted molar refractivity (Wildman–Crippen MR) is 242 cm³/mol. The Kier molecular flexibility index (Phi) is 13.9. The van der Waals surface area contributed by atoms with E-state index in [0.29, 0.717) is 13.1 Å². The molecule has 342 valence electrons. The molecule has 0 unspecified atom stereocenters. The molecule has 2 saturated carbocycles. The van der Waals surface area contributed by atoms with Gasteiger partial charge in [-0.05, 0) is 87.5 Å². The highest BCUT2D eigenvalue weighted by atomic mass is 16.5. The number of amides is 4. The average molecular weight is 877 g/mol. The second kappa shape index (κ2) is 19.9. The van der Waals surface area contributed by atoms with Gasteiger partial charge in [-0.15, -0.1) is 0 Å². The molecule has 4 aliphatic rings. The first-order valence-electron chi connectivity index (χ1n) is 23.4. The van der Waals surface area contributed by atoms with Gasteiger partial charge in [0.15, 0.2) is 0 Å². The number of benzene rings is 2. The van der Waals surface area contributed by atoms with Crippen LogP contribution in [0.5, 0.6) is 11.5 Å². The number of carbonyl (C=O) groups is 4. The average Bonchev–Trinajstić information content (AvgIpc) is 4.12. The van der Waals surface area contributed by atoms with E-state index in [1.807, 2.05) is 29.4 Å². The highest BCUT2D eigenvalue weighted by Gasteiger charge is 2.40. The van der Waals surface area contributed by atoms with E-state index in [2.05, 4.69) is 69.0 Å². The molecule has 1 saturated heterocycles. The molecule has 64 heavy (non-hydrogen) atoms. The SMILES string of the molecule is COC(=O)N[C@H](C(=O)NCCCCc1ncc(-c2ccc3c(c2)Oc2ccc(-c4cnc([C@@H]5CCCN5C(=O)[C@@H](NC(=O)OC)C5CCCCC5)[nH]4)cc2C3(C)C)[nH]1)C1CCCCC1. The van der Waals surface area contributed by atoms with Gasteiger partial charge >= 0.3 is 12.2 Å². The summed E-state index contributed by atoms with van der Waals surface area (Å²) < 4.78 is 16.3. The van der Waals surface area contributed by atoms with Crippen LogP contribution < -0.4 is 20.7 Å². The Labute approximate surface area is 375 Å². The highest BCUT2D eigenvalue weighted by molar-refractivity contribution is 5.87. The molecule has 3 atom stereocenters. The molecule has 2 aromatic carbocycles. The first-order valence-corrected chi connectivity index (χ1v) is 23.4. The molecule has 3 fully saturated rings. The Hall–Kier alpha value is -5.86. The van der Waals surface area contributed by atoms with Gasteiger partial charge in [0.1, 0.15) is 35.2 Å². The second-order valence-electron chi connectivity index (χ2n) is 18.5. The lowest BCUT2D eigenvalue weighted by molar-refractivity contribution is -0.136. The van der Waals surface area contributed by atoms with Crippen LogP contribution in [0.25, 0.3) is 22.5 Å². The van der Waals surface area contributed by atoms with Crippen molar-refractivity contribution in [1.82, 2.24) is 40.8 Å². The van der Waals surface area contributed by atoms with Crippen molar-refractivity contribution in [2.24, 2.45) is 11.8 Å². The minimum absolute atomic E-state index is 0.0639. The van der Waals surface area contributed by atoms with E-state index in [1.165, 1.54) is 14.2 Å². The zero-order chi connectivity index (χ0) is 44.8. The zero-order valence-electron chi connectivity index (χ0n) is 37.7. The van der Waals surface area contributed by atoms with Gasteiger partial charge in [-0.2, -0.15) is 0 Å². The van der Waals surface area contributed by atoms with Crippen molar-refractivity contribution in [3.63, 3.8) is 0 Å². The third-order valence-electron chi connectivity index (χ3n) is 14.1. The van der Waals surface area contributed by atoms with E-state index in [9.17, 15) is 19.2 Å². The van der Waals surface area contributed by atoms with Crippen molar-refractivity contribution in [2.45, 2.75) is 134 Å². The Balaban J connectivity index is 0.886. The molecule has 0 radical (unpaired) electrons. The van der Waals surface area contributed by atoms with Crippen LogP contribution in [0.3, 0.4) is 0 Å². The summed E-state index contributed by atoms with van der Waals surface area (Å²) in [6.07, 6.45) is 16.8. The summed E-state index contributed by atoms with van der Waals surface area (Å²) in [6.45, 7) is 5.56. The number of hydrogen-bond donors (Lipinski definition) is 5. The number of aromatic nitrogens is 4. The third kappa shape index (κ3) is 9.78. The number of aromatic amines is 2. The Morgan fingerprint density at radius 3 is 2.11 bits per heavy atom. The fourth-order valence-electron chi connectivity index (χ4n) is 10.4. The van der Waals surface area contributed by atoms with Crippen LogP contribution in [0, 0.1) is 11.8 Å². The number of imidazole rings is 2. The first-order chi connectivity index (χ1) is 31.0. The van der Waals surface area contributed by atoms with E-state index >= 15 is 0 Å². The fraction of sp³-hybridized carbons (Fsp3) is 0.551. The van der Waals surface area contributed by atoms with Gasteiger partial charge in [0.05, 0.1) is 44.0 Å². The van der Waals surface area contributed by atoms with Crippen molar-refractivity contribution < 1.29 is 33.4 Å². The van der Waals surface area contributed by atoms with Crippen molar-refractivity contribution in [1.29, 1.82) is 0 Å². The quantitative estimate of drug-likeness (QED) is 0.0772. The summed E-state index contributed by atoms with van der Waals surface area (Å²) in [5, 5.41) is 8.68. The van der Waals surface area contributed by atoms with Crippen molar-refractivity contribution in [3.05, 3.63) is 71.6 Å². The monoisotopic (exact) mass is 876 g/mol. The van der Waals surface area contributed by atoms with E-state index in [4.69, 9.17) is 19.2 Å². The molecule has 2 aliphatic carbocycles. The lowest BCUT2D eigenvalue weighted by atomic mass is 9.75. The molecule has 2 aromatic heterocycles. The molecular formula is C49H64N8O7. The molecular weight excluding hydrogens is 813 g/mol. The number of hydrogen-bond acceptors (Lipinski definition) is 9. The molecule has 0 spiro atoms. The number of rotatable bonds is 14. The van der Waals surface area contributed by atoms with E-state index < -0.39 is 24.3 Å². The van der Waals surface area contributed by atoms with Crippen LogP contribution in [-0.2, 0) is 30.9 Å². The van der Waals surface area contributed by atoms with Gasteiger partial charge in [-0.3, -0.25) is 9.59 Å². The second-order valence-corrected chi connectivity index (χ2v) is 18.5. The predicted octanol–water partition coefficient (Wildman–Crippen LogP) is 8.61. The number of nitrogens with one attached hydrogen (secondary N) is 5. The number of aryl methyl sites for hydroxylation is 1. The van der Waals surface area contributed by atoms with Gasteiger partial charge in [-0.25, -0.2) is 19.6 Å². The number of carbonyl (C=O) groups excluding carboxylic acids is 4. The molecule has 15 nitrogen and oxygen atoms in total. The Bertz CT molecular complexity index is 2290. The van der Waals surface area contributed by atoms with Gasteiger partial charge in [0.25, 0.3) is 0 Å². The minimum Gasteiger partial charge on any atom is -0.457 e. The van der Waals surface area contributed by atoms with Gasteiger partial charge in [0.2, 0.25) is 11.8 Å². The Morgan fingerprint density at radius 2 is 1.39 bits per heavy atom. The summed E-state index contributed by atoms with van der Waals surface area (Å²) in [5.74, 6) is 3.21. The Morgan fingerprint density at radius 1 is 0.750 bits per heavy atom. The standard InChI is InChI=1S/C49H64N8O7/c1-49(2)34-22-20-33(36-28-51-41(53-36)19-11-12-24-50-45(58)42(55-47(60)62-3)30-14-7-5-8-15-30)27-40(34)64-39-23-21-32(26-35(39)49)37-29-52-44(54-37)38-18-13-25-57(38)46(59)43(56-48(61)63-4)31-16-9-6-10-17-31/h20-23,26-31,38,42-43H,5-19,24-25H2,1-4H3,(H,50,58)(H,51,53)(H,52,54)(H,55,60)(H,56,61)/t38-,42-,43-/m0/s1. The highest BCUT2D eigenvalue weighted by Crippen LogP contribution is 2.50. The van der Waals surface area contributed by atoms with E-state index in [-0.39, 0.29) is 35.1 Å².